The molecule has 12 heteroatoms. The lowest BCUT2D eigenvalue weighted by atomic mass is 10.1. The molecule has 1 fully saturated rings. The van der Waals surface area contributed by atoms with Crippen LogP contribution in [0.1, 0.15) is 24.0 Å². The zero-order valence-corrected chi connectivity index (χ0v) is 19.8. The number of rotatable bonds is 8. The Bertz CT molecular complexity index is 1170. The van der Waals surface area contributed by atoms with E-state index >= 15 is 0 Å². The number of hydrogen-bond acceptors (Lipinski definition) is 6. The van der Waals surface area contributed by atoms with Gasteiger partial charge < -0.3 is 10.2 Å². The number of likely N-dealkylation sites (N-methyl/N-ethyl adjacent to an activating group) is 1. The Hall–Kier alpha value is -2.57. The Balaban J connectivity index is 1.88. The lowest BCUT2D eigenvalue weighted by molar-refractivity contribution is -0.384. The van der Waals surface area contributed by atoms with Crippen molar-refractivity contribution in [3.05, 3.63) is 61.9 Å². The molecule has 0 unspecified atom stereocenters. The maximum absolute atomic E-state index is 13.5. The minimum atomic E-state index is -4.12. The molecule has 0 aliphatic carbocycles. The Morgan fingerprint density at radius 3 is 2.69 bits per heavy atom. The van der Waals surface area contributed by atoms with E-state index in [1.807, 2.05) is 0 Å². The fourth-order valence-corrected chi connectivity index (χ4v) is 5.30. The van der Waals surface area contributed by atoms with Crippen molar-refractivity contribution in [3.8, 4) is 0 Å². The number of sulfonamides is 1. The summed E-state index contributed by atoms with van der Waals surface area (Å²) < 4.78 is 42.2. The molecule has 172 valence electrons. The van der Waals surface area contributed by atoms with Gasteiger partial charge in [0.25, 0.3) is 5.69 Å². The average Bonchev–Trinajstić information content (AvgIpc) is 3.12. The monoisotopic (exact) mass is 528 g/mol. The number of benzene rings is 2. The van der Waals surface area contributed by atoms with Gasteiger partial charge in [0.1, 0.15) is 11.5 Å². The van der Waals surface area contributed by atoms with Crippen LogP contribution in [0.25, 0.3) is 0 Å². The summed E-state index contributed by atoms with van der Waals surface area (Å²) in [6.07, 6.45) is 1.03. The van der Waals surface area contributed by atoms with Crippen LogP contribution in [0.2, 0.25) is 0 Å². The molecule has 2 N–H and O–H groups in total. The summed E-state index contributed by atoms with van der Waals surface area (Å²) in [5.74, 6) is -0.577. The number of hydrogen-bond donors (Lipinski definition) is 2. The van der Waals surface area contributed by atoms with Crippen molar-refractivity contribution in [2.24, 2.45) is 0 Å². The highest BCUT2D eigenvalue weighted by Gasteiger charge is 2.30. The van der Waals surface area contributed by atoms with E-state index in [-0.39, 0.29) is 40.3 Å². The number of carbonyl (C=O) groups excluding carboxylic acids is 1. The summed E-state index contributed by atoms with van der Waals surface area (Å²) in [6.45, 7) is 1.53. The van der Waals surface area contributed by atoms with Crippen LogP contribution < -0.4 is 14.9 Å². The number of amides is 1. The second-order valence-electron chi connectivity index (χ2n) is 7.56. The highest BCUT2D eigenvalue weighted by Crippen LogP contribution is 2.35. The molecule has 2 aromatic rings. The summed E-state index contributed by atoms with van der Waals surface area (Å²) in [7, 11) is -2.47. The number of nitro groups is 1. The summed E-state index contributed by atoms with van der Waals surface area (Å²) in [5.41, 5.74) is 0.295. The lowest BCUT2D eigenvalue weighted by Gasteiger charge is -2.24. The molecule has 9 nitrogen and oxygen atoms in total. The molecular weight excluding hydrogens is 507 g/mol. The van der Waals surface area contributed by atoms with E-state index in [9.17, 15) is 27.7 Å². The predicted octanol–water partition coefficient (Wildman–Crippen LogP) is 3.00. The minimum Gasteiger partial charge on any atom is -0.367 e. The summed E-state index contributed by atoms with van der Waals surface area (Å²) in [5, 5.41) is 14.6. The third kappa shape index (κ3) is 5.25. The first kappa shape index (κ1) is 24.1. The molecule has 1 aliphatic heterocycles. The second kappa shape index (κ2) is 9.51. The van der Waals surface area contributed by atoms with Crippen molar-refractivity contribution in [3.63, 3.8) is 0 Å². The molecule has 1 saturated heterocycles. The van der Waals surface area contributed by atoms with Crippen molar-refractivity contribution < 1.29 is 22.5 Å². The van der Waals surface area contributed by atoms with Gasteiger partial charge in [0.15, 0.2) is 0 Å². The highest BCUT2D eigenvalue weighted by molar-refractivity contribution is 9.10. The number of nitrogens with one attached hydrogen (secondary N) is 2. The van der Waals surface area contributed by atoms with Crippen LogP contribution in [0.3, 0.4) is 0 Å². The van der Waals surface area contributed by atoms with E-state index in [2.05, 4.69) is 26.0 Å². The molecule has 1 amide bonds. The van der Waals surface area contributed by atoms with Crippen LogP contribution in [-0.4, -0.2) is 38.9 Å². The zero-order valence-electron chi connectivity index (χ0n) is 17.4. The normalized spacial score (nSPS) is 16.1. The molecular formula is C20H22BrFN4O5S. The largest absolute Gasteiger partial charge is 0.367 e. The van der Waals surface area contributed by atoms with E-state index in [0.29, 0.717) is 29.4 Å². The van der Waals surface area contributed by atoms with Gasteiger partial charge in [-0.3, -0.25) is 14.9 Å². The predicted molar refractivity (Wildman–Crippen MR) is 120 cm³/mol. The van der Waals surface area contributed by atoms with Crippen molar-refractivity contribution in [2.75, 3.05) is 18.5 Å². The summed E-state index contributed by atoms with van der Waals surface area (Å²) in [6, 6.07) is 6.46. The van der Waals surface area contributed by atoms with E-state index in [1.54, 1.807) is 11.9 Å². The zero-order chi connectivity index (χ0) is 23.6. The van der Waals surface area contributed by atoms with Crippen molar-refractivity contribution >= 4 is 43.2 Å². The van der Waals surface area contributed by atoms with Gasteiger partial charge in [-0.05, 0) is 49.2 Å². The van der Waals surface area contributed by atoms with Crippen LogP contribution >= 0.6 is 15.9 Å². The fraction of sp³-hybridized carbons (Fsp3) is 0.350. The molecule has 32 heavy (non-hydrogen) atoms. The van der Waals surface area contributed by atoms with Crippen molar-refractivity contribution in [2.45, 2.75) is 37.2 Å². The van der Waals surface area contributed by atoms with E-state index in [1.165, 1.54) is 37.3 Å². The molecule has 0 radical (unpaired) electrons. The first-order chi connectivity index (χ1) is 15.0. The van der Waals surface area contributed by atoms with E-state index in [4.69, 9.17) is 0 Å². The van der Waals surface area contributed by atoms with Crippen LogP contribution in [0.5, 0.6) is 0 Å². The van der Waals surface area contributed by atoms with Gasteiger partial charge in [-0.15, -0.1) is 0 Å². The van der Waals surface area contributed by atoms with Gasteiger partial charge in [-0.25, -0.2) is 17.5 Å². The Kier molecular flexibility index (Phi) is 7.16. The Morgan fingerprint density at radius 1 is 1.34 bits per heavy atom. The summed E-state index contributed by atoms with van der Waals surface area (Å²) in [4.78, 5) is 24.0. The van der Waals surface area contributed by atoms with E-state index < -0.39 is 20.8 Å². The minimum absolute atomic E-state index is 0.0133. The lowest BCUT2D eigenvalue weighted by Crippen LogP contribution is -2.37. The smallest absolute Gasteiger partial charge is 0.296 e. The highest BCUT2D eigenvalue weighted by atomic mass is 79.9. The maximum atomic E-state index is 13.5. The molecule has 0 saturated carbocycles. The van der Waals surface area contributed by atoms with Crippen LogP contribution in [0.4, 0.5) is 15.8 Å². The molecule has 0 bridgehead atoms. The maximum Gasteiger partial charge on any atom is 0.296 e. The molecule has 1 atom stereocenters. The Morgan fingerprint density at radius 2 is 2.06 bits per heavy atom. The van der Waals surface area contributed by atoms with Gasteiger partial charge in [0.2, 0.25) is 15.9 Å². The number of nitro benzene ring substituents is 1. The van der Waals surface area contributed by atoms with Crippen LogP contribution in [0, 0.1) is 22.9 Å². The summed E-state index contributed by atoms with van der Waals surface area (Å²) >= 11 is 3.24. The molecule has 3 rings (SSSR count). The van der Waals surface area contributed by atoms with Gasteiger partial charge in [-0.1, -0.05) is 15.9 Å². The standard InChI is InChI=1S/C20H22BrFN4O5S/c1-12-18(32(30,31)23-10-13-9-14(22)3-5-16(13)21)7-6-17(20(12)26(28)29)25(2)11-15-4-8-19(27)24-15/h3,5-7,9,15,23H,4,8,10-11H2,1-2H3,(H,24,27)/t15-/m0/s1. The molecule has 1 aliphatic rings. The number of nitrogens with zero attached hydrogens (tertiary/aromatic N) is 2. The topological polar surface area (TPSA) is 122 Å². The molecule has 2 aromatic carbocycles. The number of halogens is 2. The molecule has 1 heterocycles. The number of carbonyl (C=O) groups is 1. The quantitative estimate of drug-likeness (QED) is 0.401. The third-order valence-corrected chi connectivity index (χ3v) is 7.60. The van der Waals surface area contributed by atoms with Gasteiger partial charge in [0, 0.05) is 42.6 Å². The fourth-order valence-electron chi connectivity index (χ4n) is 3.67. The van der Waals surface area contributed by atoms with Gasteiger partial charge in [0.05, 0.1) is 9.82 Å². The van der Waals surface area contributed by atoms with Crippen LogP contribution in [0.15, 0.2) is 39.7 Å². The van der Waals surface area contributed by atoms with Crippen molar-refractivity contribution in [1.82, 2.24) is 10.0 Å². The Labute approximate surface area is 193 Å². The average molecular weight is 529 g/mol. The SMILES string of the molecule is Cc1c(S(=O)(=O)NCc2cc(F)ccc2Br)ccc(N(C)C[C@@H]2CCC(=O)N2)c1[N+](=O)[O-]. The molecule has 0 aromatic heterocycles. The van der Waals surface area contributed by atoms with Gasteiger partial charge in [-0.2, -0.15) is 0 Å². The van der Waals surface area contributed by atoms with Gasteiger partial charge >= 0.3 is 0 Å². The molecule has 0 spiro atoms. The van der Waals surface area contributed by atoms with Crippen LogP contribution in [-0.2, 0) is 21.4 Å². The third-order valence-electron chi connectivity index (χ3n) is 5.28. The number of anilines is 1. The first-order valence-corrected chi connectivity index (χ1v) is 12.0. The second-order valence-corrected chi connectivity index (χ2v) is 10.1. The van der Waals surface area contributed by atoms with Crippen molar-refractivity contribution in [1.29, 1.82) is 0 Å². The first-order valence-electron chi connectivity index (χ1n) is 9.71. The van der Waals surface area contributed by atoms with E-state index in [0.717, 1.165) is 0 Å².